The molecule has 3 rings (SSSR count). The summed E-state index contributed by atoms with van der Waals surface area (Å²) in [5.74, 6) is 0.441. The lowest BCUT2D eigenvalue weighted by atomic mass is 9.91. The van der Waals surface area contributed by atoms with Crippen LogP contribution in [0.25, 0.3) is 0 Å². The summed E-state index contributed by atoms with van der Waals surface area (Å²) in [4.78, 5) is 14.0. The predicted molar refractivity (Wildman–Crippen MR) is 105 cm³/mol. The molecule has 0 radical (unpaired) electrons. The summed E-state index contributed by atoms with van der Waals surface area (Å²) in [6.45, 7) is 0.696. The number of carboxylic acid groups (broad SMARTS) is 1. The van der Waals surface area contributed by atoms with Crippen molar-refractivity contribution in [2.24, 2.45) is 0 Å². The molecule has 0 amide bonds. The molecule has 0 spiro atoms. The highest BCUT2D eigenvalue weighted by molar-refractivity contribution is 6.31. The van der Waals surface area contributed by atoms with Crippen molar-refractivity contribution in [3.05, 3.63) is 58.6 Å². The van der Waals surface area contributed by atoms with E-state index in [0.717, 1.165) is 24.0 Å². The second-order valence-corrected chi connectivity index (χ2v) is 7.03. The third-order valence-electron chi connectivity index (χ3n) is 5.08. The molecular formula is C21H24ClNO4. The Morgan fingerprint density at radius 3 is 2.56 bits per heavy atom. The molecule has 2 atom stereocenters. The SMILES string of the molecule is COc1ccc(C(c2ccccc2Cl)N2CCCCC2C(=O)O)cc1OC. The minimum absolute atomic E-state index is 0.278. The topological polar surface area (TPSA) is 59.0 Å². The summed E-state index contributed by atoms with van der Waals surface area (Å²) in [6, 6.07) is 12.5. The van der Waals surface area contributed by atoms with Crippen LogP contribution in [0.15, 0.2) is 42.5 Å². The zero-order valence-corrected chi connectivity index (χ0v) is 16.3. The van der Waals surface area contributed by atoms with Crippen molar-refractivity contribution in [2.45, 2.75) is 31.3 Å². The molecule has 1 heterocycles. The third kappa shape index (κ3) is 4.04. The lowest BCUT2D eigenvalue weighted by molar-refractivity contribution is -0.145. The minimum Gasteiger partial charge on any atom is -0.493 e. The zero-order chi connectivity index (χ0) is 19.4. The van der Waals surface area contributed by atoms with Crippen LogP contribution in [0.2, 0.25) is 5.02 Å². The minimum atomic E-state index is -0.799. The number of halogens is 1. The number of nitrogens with zero attached hydrogens (tertiary/aromatic N) is 1. The van der Waals surface area contributed by atoms with E-state index in [0.29, 0.717) is 29.5 Å². The molecule has 5 nitrogen and oxygen atoms in total. The lowest BCUT2D eigenvalue weighted by Crippen LogP contribution is -2.46. The Kier molecular flexibility index (Phi) is 6.24. The summed E-state index contributed by atoms with van der Waals surface area (Å²) < 4.78 is 10.8. The monoisotopic (exact) mass is 389 g/mol. The first-order chi connectivity index (χ1) is 13.1. The van der Waals surface area contributed by atoms with Crippen molar-refractivity contribution >= 4 is 17.6 Å². The molecule has 0 aromatic heterocycles. The van der Waals surface area contributed by atoms with Crippen molar-refractivity contribution in [3.8, 4) is 11.5 Å². The van der Waals surface area contributed by atoms with E-state index in [-0.39, 0.29) is 6.04 Å². The van der Waals surface area contributed by atoms with Gasteiger partial charge in [-0.2, -0.15) is 0 Å². The van der Waals surface area contributed by atoms with E-state index in [1.807, 2.05) is 47.4 Å². The molecule has 0 saturated carbocycles. The van der Waals surface area contributed by atoms with E-state index in [1.54, 1.807) is 14.2 Å². The number of likely N-dealkylation sites (tertiary alicyclic amines) is 1. The Morgan fingerprint density at radius 2 is 1.89 bits per heavy atom. The molecule has 1 saturated heterocycles. The van der Waals surface area contributed by atoms with Crippen LogP contribution in [0.3, 0.4) is 0 Å². The molecular weight excluding hydrogens is 366 g/mol. The van der Waals surface area contributed by atoms with Crippen molar-refractivity contribution in [1.82, 2.24) is 4.90 Å². The van der Waals surface area contributed by atoms with E-state index < -0.39 is 12.0 Å². The number of benzene rings is 2. The Hall–Kier alpha value is -2.24. The largest absolute Gasteiger partial charge is 0.493 e. The second-order valence-electron chi connectivity index (χ2n) is 6.63. The van der Waals surface area contributed by atoms with Crippen LogP contribution >= 0.6 is 11.6 Å². The highest BCUT2D eigenvalue weighted by atomic mass is 35.5. The highest BCUT2D eigenvalue weighted by Crippen LogP contribution is 2.40. The Balaban J connectivity index is 2.13. The van der Waals surface area contributed by atoms with Gasteiger partial charge in [0, 0.05) is 5.02 Å². The molecule has 0 bridgehead atoms. The standard InChI is InChI=1S/C21H24ClNO4/c1-26-18-11-10-14(13-19(18)27-2)20(15-7-3-4-8-16(15)22)23-12-6-5-9-17(23)21(24)25/h3-4,7-8,10-11,13,17,20H,5-6,9,12H2,1-2H3,(H,24,25). The van der Waals surface area contributed by atoms with Crippen LogP contribution in [-0.4, -0.2) is 42.8 Å². The van der Waals surface area contributed by atoms with Crippen molar-refractivity contribution < 1.29 is 19.4 Å². The van der Waals surface area contributed by atoms with Gasteiger partial charge in [-0.15, -0.1) is 0 Å². The molecule has 2 aromatic rings. The lowest BCUT2D eigenvalue weighted by Gasteiger charge is -2.40. The number of ether oxygens (including phenoxy) is 2. The predicted octanol–water partition coefficient (Wildman–Crippen LogP) is 4.39. The van der Waals surface area contributed by atoms with Gasteiger partial charge in [-0.25, -0.2) is 0 Å². The number of hydrogen-bond acceptors (Lipinski definition) is 4. The first kappa shape index (κ1) is 19.5. The van der Waals surface area contributed by atoms with E-state index in [9.17, 15) is 9.90 Å². The van der Waals surface area contributed by atoms with Crippen molar-refractivity contribution in [3.63, 3.8) is 0 Å². The molecule has 2 unspecified atom stereocenters. The molecule has 6 heteroatoms. The number of methoxy groups -OCH3 is 2. The maximum absolute atomic E-state index is 11.9. The molecule has 2 aromatic carbocycles. The Bertz CT molecular complexity index is 811. The van der Waals surface area contributed by atoms with Gasteiger partial charge in [-0.3, -0.25) is 9.69 Å². The number of aliphatic carboxylic acids is 1. The average molecular weight is 390 g/mol. The highest BCUT2D eigenvalue weighted by Gasteiger charge is 2.36. The van der Waals surface area contributed by atoms with Gasteiger partial charge in [-0.05, 0) is 48.7 Å². The third-order valence-corrected chi connectivity index (χ3v) is 5.43. The average Bonchev–Trinajstić information content (AvgIpc) is 2.69. The smallest absolute Gasteiger partial charge is 0.320 e. The van der Waals surface area contributed by atoms with Gasteiger partial charge in [0.2, 0.25) is 0 Å². The van der Waals surface area contributed by atoms with E-state index in [1.165, 1.54) is 0 Å². The van der Waals surface area contributed by atoms with Crippen LogP contribution in [0.1, 0.15) is 36.4 Å². The molecule has 0 aliphatic carbocycles. The summed E-state index contributed by atoms with van der Waals surface area (Å²) >= 11 is 6.52. The van der Waals surface area contributed by atoms with E-state index in [2.05, 4.69) is 0 Å². The van der Waals surface area contributed by atoms with Gasteiger partial charge >= 0.3 is 5.97 Å². The molecule has 27 heavy (non-hydrogen) atoms. The van der Waals surface area contributed by atoms with E-state index in [4.69, 9.17) is 21.1 Å². The van der Waals surface area contributed by atoms with Gasteiger partial charge in [0.15, 0.2) is 11.5 Å². The molecule has 1 aliphatic rings. The van der Waals surface area contributed by atoms with Gasteiger partial charge in [0.1, 0.15) is 6.04 Å². The second kappa shape index (κ2) is 8.63. The number of carbonyl (C=O) groups is 1. The van der Waals surface area contributed by atoms with Gasteiger partial charge in [-0.1, -0.05) is 42.3 Å². The first-order valence-electron chi connectivity index (χ1n) is 9.01. The van der Waals surface area contributed by atoms with Gasteiger partial charge < -0.3 is 14.6 Å². The fourth-order valence-electron chi connectivity index (χ4n) is 3.80. The van der Waals surface area contributed by atoms with Crippen molar-refractivity contribution in [2.75, 3.05) is 20.8 Å². The fourth-order valence-corrected chi connectivity index (χ4v) is 4.04. The van der Waals surface area contributed by atoms with Crippen LogP contribution in [-0.2, 0) is 4.79 Å². The molecule has 1 aliphatic heterocycles. The van der Waals surface area contributed by atoms with Crippen LogP contribution < -0.4 is 9.47 Å². The maximum Gasteiger partial charge on any atom is 0.320 e. The summed E-state index contributed by atoms with van der Waals surface area (Å²) in [5, 5.41) is 10.4. The molecule has 1 fully saturated rings. The summed E-state index contributed by atoms with van der Waals surface area (Å²) in [6.07, 6.45) is 2.50. The fraction of sp³-hybridized carbons (Fsp3) is 0.381. The number of hydrogen-bond donors (Lipinski definition) is 1. The number of rotatable bonds is 6. The Morgan fingerprint density at radius 1 is 1.15 bits per heavy atom. The maximum atomic E-state index is 11.9. The summed E-state index contributed by atoms with van der Waals surface area (Å²) in [7, 11) is 3.18. The number of carboxylic acids is 1. The van der Waals surface area contributed by atoms with Gasteiger partial charge in [0.25, 0.3) is 0 Å². The quantitative estimate of drug-likeness (QED) is 0.794. The molecule has 1 N–H and O–H groups in total. The Labute approximate surface area is 164 Å². The molecule has 144 valence electrons. The van der Waals surface area contributed by atoms with Crippen LogP contribution in [0.4, 0.5) is 0 Å². The first-order valence-corrected chi connectivity index (χ1v) is 9.39. The van der Waals surface area contributed by atoms with Crippen molar-refractivity contribution in [1.29, 1.82) is 0 Å². The summed E-state index contributed by atoms with van der Waals surface area (Å²) in [5.41, 5.74) is 1.81. The number of piperidine rings is 1. The van der Waals surface area contributed by atoms with E-state index >= 15 is 0 Å². The normalized spacial score (nSPS) is 18.7. The zero-order valence-electron chi connectivity index (χ0n) is 15.5. The van der Waals surface area contributed by atoms with Crippen LogP contribution in [0, 0.1) is 0 Å². The van der Waals surface area contributed by atoms with Gasteiger partial charge in [0.05, 0.1) is 20.3 Å². The van der Waals surface area contributed by atoms with Crippen LogP contribution in [0.5, 0.6) is 11.5 Å².